The molecule has 0 radical (unpaired) electrons. The van der Waals surface area contributed by atoms with Crippen LogP contribution in [0.25, 0.3) is 0 Å². The number of rotatable bonds is 3. The molecule has 128 valence electrons. The van der Waals surface area contributed by atoms with Gasteiger partial charge in [-0.3, -0.25) is 0 Å². The van der Waals surface area contributed by atoms with Crippen LogP contribution >= 0.6 is 23.2 Å². The van der Waals surface area contributed by atoms with E-state index in [1.165, 1.54) is 24.3 Å². The number of benzene rings is 2. The molecule has 0 aliphatic rings. The first-order valence-electron chi connectivity index (χ1n) is 6.76. The van der Waals surface area contributed by atoms with Gasteiger partial charge in [0.1, 0.15) is 0 Å². The summed E-state index contributed by atoms with van der Waals surface area (Å²) in [6, 6.07) is 8.96. The number of carboxylic acid groups (broad SMARTS) is 1. The molecule has 0 saturated heterocycles. The maximum Gasteiger partial charge on any atom is 0.339 e. The first-order valence-corrected chi connectivity index (χ1v) is 7.52. The number of ether oxygens (including phenoxy) is 1. The lowest BCUT2D eigenvalue weighted by Gasteiger charge is -2.03. The molecule has 2 aromatic carbocycles. The molecule has 0 bridgehead atoms. The molecule has 0 spiro atoms. The number of carboxylic acids is 1. The Morgan fingerprint density at radius 2 is 1.46 bits per heavy atom. The minimum absolute atomic E-state index is 0.0702. The number of hydrogen-bond acceptors (Lipinski definition) is 5. The van der Waals surface area contributed by atoms with Crippen LogP contribution in [0.4, 0.5) is 11.4 Å². The second kappa shape index (κ2) is 9.00. The number of nitrogens with two attached hydrogens (primary N) is 2. The summed E-state index contributed by atoms with van der Waals surface area (Å²) in [6.07, 6.45) is 0. The van der Waals surface area contributed by atoms with Gasteiger partial charge in [0, 0.05) is 11.4 Å². The van der Waals surface area contributed by atoms with E-state index in [-0.39, 0.29) is 10.6 Å². The first-order chi connectivity index (χ1) is 11.3. The fourth-order valence-corrected chi connectivity index (χ4v) is 2.15. The number of carbonyl (C=O) groups is 2. The van der Waals surface area contributed by atoms with Crippen LogP contribution in [-0.4, -0.2) is 23.7 Å². The molecule has 0 heterocycles. The van der Waals surface area contributed by atoms with Crippen LogP contribution in [0.2, 0.25) is 10.0 Å². The van der Waals surface area contributed by atoms with E-state index in [0.717, 1.165) is 0 Å². The van der Waals surface area contributed by atoms with E-state index < -0.39 is 11.9 Å². The Balaban J connectivity index is 0.000000243. The Bertz CT molecular complexity index is 751. The van der Waals surface area contributed by atoms with E-state index in [1.807, 2.05) is 0 Å². The maximum absolute atomic E-state index is 11.2. The van der Waals surface area contributed by atoms with Crippen molar-refractivity contribution in [2.75, 3.05) is 18.1 Å². The van der Waals surface area contributed by atoms with Gasteiger partial charge in [0.05, 0.1) is 27.8 Å². The predicted octanol–water partition coefficient (Wildman–Crippen LogP) is 3.72. The fraction of sp³-hybridized carbons (Fsp3) is 0.125. The van der Waals surface area contributed by atoms with Gasteiger partial charge >= 0.3 is 11.9 Å². The molecule has 8 heteroatoms. The highest BCUT2D eigenvalue weighted by atomic mass is 35.5. The predicted molar refractivity (Wildman–Crippen MR) is 94.6 cm³/mol. The summed E-state index contributed by atoms with van der Waals surface area (Å²) in [4.78, 5) is 21.6. The van der Waals surface area contributed by atoms with Crippen molar-refractivity contribution in [3.63, 3.8) is 0 Å². The van der Waals surface area contributed by atoms with Gasteiger partial charge in [-0.2, -0.15) is 0 Å². The molecule has 0 aromatic heterocycles. The van der Waals surface area contributed by atoms with Crippen molar-refractivity contribution < 1.29 is 19.4 Å². The van der Waals surface area contributed by atoms with Crippen LogP contribution in [0.3, 0.4) is 0 Å². The summed E-state index contributed by atoms with van der Waals surface area (Å²) in [6.45, 7) is 2.07. The van der Waals surface area contributed by atoms with E-state index >= 15 is 0 Å². The summed E-state index contributed by atoms with van der Waals surface area (Å²) >= 11 is 11.3. The SMILES string of the molecule is CCOC(=O)c1ccc(N)cc1Cl.Nc1ccc(C(=O)O)c(Cl)c1. The molecule has 0 aliphatic carbocycles. The Labute approximate surface area is 148 Å². The molecule has 6 nitrogen and oxygen atoms in total. The second-order valence-electron chi connectivity index (χ2n) is 4.50. The molecule has 2 aromatic rings. The molecule has 0 fully saturated rings. The largest absolute Gasteiger partial charge is 0.478 e. The number of anilines is 2. The smallest absolute Gasteiger partial charge is 0.339 e. The van der Waals surface area contributed by atoms with Crippen LogP contribution in [0.5, 0.6) is 0 Å². The number of esters is 1. The van der Waals surface area contributed by atoms with E-state index in [2.05, 4.69) is 0 Å². The third kappa shape index (κ3) is 5.64. The van der Waals surface area contributed by atoms with Crippen molar-refractivity contribution in [3.05, 3.63) is 57.6 Å². The molecule has 0 atom stereocenters. The van der Waals surface area contributed by atoms with Crippen molar-refractivity contribution in [1.29, 1.82) is 0 Å². The minimum Gasteiger partial charge on any atom is -0.478 e. The van der Waals surface area contributed by atoms with Gasteiger partial charge < -0.3 is 21.3 Å². The minimum atomic E-state index is -1.05. The monoisotopic (exact) mass is 370 g/mol. The quantitative estimate of drug-likeness (QED) is 0.559. The lowest BCUT2D eigenvalue weighted by molar-refractivity contribution is 0.0526. The molecule has 24 heavy (non-hydrogen) atoms. The Morgan fingerprint density at radius 3 is 1.83 bits per heavy atom. The summed E-state index contributed by atoms with van der Waals surface area (Å²) < 4.78 is 4.78. The topological polar surface area (TPSA) is 116 Å². The highest BCUT2D eigenvalue weighted by molar-refractivity contribution is 6.34. The van der Waals surface area contributed by atoms with Gasteiger partial charge in [-0.15, -0.1) is 0 Å². The molecule has 5 N–H and O–H groups in total. The van der Waals surface area contributed by atoms with Gasteiger partial charge in [-0.05, 0) is 43.3 Å². The fourth-order valence-electron chi connectivity index (χ4n) is 1.61. The highest BCUT2D eigenvalue weighted by Crippen LogP contribution is 2.20. The number of halogens is 2. The van der Waals surface area contributed by atoms with E-state index in [4.69, 9.17) is 44.5 Å². The zero-order chi connectivity index (χ0) is 18.3. The van der Waals surface area contributed by atoms with Gasteiger partial charge in [-0.1, -0.05) is 23.2 Å². The average molecular weight is 371 g/mol. The average Bonchev–Trinajstić information content (AvgIpc) is 2.47. The summed E-state index contributed by atoms with van der Waals surface area (Å²) in [5.41, 5.74) is 12.2. The Morgan fingerprint density at radius 1 is 1.00 bits per heavy atom. The first kappa shape index (κ1) is 19.6. The summed E-state index contributed by atoms with van der Waals surface area (Å²) in [5.74, 6) is -1.47. The van der Waals surface area contributed by atoms with Crippen molar-refractivity contribution >= 4 is 46.5 Å². The molecule has 0 saturated carbocycles. The zero-order valence-corrected chi connectivity index (χ0v) is 14.3. The van der Waals surface area contributed by atoms with Crippen LogP contribution < -0.4 is 11.5 Å². The molecular weight excluding hydrogens is 355 g/mol. The lowest BCUT2D eigenvalue weighted by atomic mass is 10.2. The number of nitrogen functional groups attached to an aromatic ring is 2. The van der Waals surface area contributed by atoms with E-state index in [0.29, 0.717) is 28.6 Å². The Kier molecular flexibility index (Phi) is 7.35. The summed E-state index contributed by atoms with van der Waals surface area (Å²) in [7, 11) is 0. The van der Waals surface area contributed by atoms with Crippen LogP contribution in [0.15, 0.2) is 36.4 Å². The number of carbonyl (C=O) groups excluding carboxylic acids is 1. The normalized spacial score (nSPS) is 9.62. The second-order valence-corrected chi connectivity index (χ2v) is 5.32. The summed E-state index contributed by atoms with van der Waals surface area (Å²) in [5, 5.41) is 9.01. The standard InChI is InChI=1S/C9H10ClNO2.C7H6ClNO2/c1-2-13-9(12)7-4-3-6(11)5-8(7)10;8-6-3-4(9)1-2-5(6)7(10)11/h3-5H,2,11H2,1H3;1-3H,9H2,(H,10,11). The number of hydrogen-bond donors (Lipinski definition) is 3. The van der Waals surface area contributed by atoms with Crippen LogP contribution in [0, 0.1) is 0 Å². The third-order valence-electron chi connectivity index (χ3n) is 2.71. The van der Waals surface area contributed by atoms with Crippen LogP contribution in [-0.2, 0) is 4.74 Å². The molecule has 2 rings (SSSR count). The van der Waals surface area contributed by atoms with Gasteiger partial charge in [0.25, 0.3) is 0 Å². The van der Waals surface area contributed by atoms with Gasteiger partial charge in [0.2, 0.25) is 0 Å². The van der Waals surface area contributed by atoms with Crippen molar-refractivity contribution in [1.82, 2.24) is 0 Å². The maximum atomic E-state index is 11.2. The molecular formula is C16H16Cl2N2O4. The van der Waals surface area contributed by atoms with Gasteiger partial charge in [-0.25, -0.2) is 9.59 Å². The van der Waals surface area contributed by atoms with E-state index in [9.17, 15) is 9.59 Å². The zero-order valence-electron chi connectivity index (χ0n) is 12.8. The molecule has 0 unspecified atom stereocenters. The third-order valence-corrected chi connectivity index (χ3v) is 3.34. The van der Waals surface area contributed by atoms with Crippen molar-refractivity contribution in [3.8, 4) is 0 Å². The van der Waals surface area contributed by atoms with Crippen molar-refractivity contribution in [2.45, 2.75) is 6.92 Å². The molecule has 0 amide bonds. The van der Waals surface area contributed by atoms with Crippen LogP contribution in [0.1, 0.15) is 27.6 Å². The van der Waals surface area contributed by atoms with Crippen molar-refractivity contribution in [2.24, 2.45) is 0 Å². The number of aromatic carboxylic acids is 1. The molecule has 0 aliphatic heterocycles. The van der Waals surface area contributed by atoms with Gasteiger partial charge in [0.15, 0.2) is 0 Å². The lowest BCUT2D eigenvalue weighted by Crippen LogP contribution is -2.05. The highest BCUT2D eigenvalue weighted by Gasteiger charge is 2.10. The van der Waals surface area contributed by atoms with E-state index in [1.54, 1.807) is 19.1 Å². The Hall–Kier alpha value is -2.44.